The van der Waals surface area contributed by atoms with Gasteiger partial charge in [0.15, 0.2) is 12.2 Å². The topological polar surface area (TPSA) is 163 Å². The molecule has 5 atom stereocenters. The molecule has 1 rings (SSSR count). The van der Waals surface area contributed by atoms with E-state index in [0.717, 1.165) is 27.7 Å². The third-order valence-corrected chi connectivity index (χ3v) is 3.10. The molecule has 0 N–H and O–H groups in total. The Morgan fingerprint density at radius 3 is 1.77 bits per heavy atom. The van der Waals surface area contributed by atoms with Gasteiger partial charge >= 0.3 is 23.9 Å². The summed E-state index contributed by atoms with van der Waals surface area (Å²) in [5.74, 6) is -3.05. The summed E-state index contributed by atoms with van der Waals surface area (Å²) >= 11 is 0. The lowest BCUT2D eigenvalue weighted by Crippen LogP contribution is -2.62. The first-order valence-electron chi connectivity index (χ1n) is 7.51. The maximum atomic E-state index is 11.5. The predicted octanol–water partition coefficient (Wildman–Crippen LogP) is 0.380. The van der Waals surface area contributed by atoms with Gasteiger partial charge in [-0.2, -0.15) is 0 Å². The summed E-state index contributed by atoms with van der Waals surface area (Å²) in [6.07, 6.45) is -6.59. The van der Waals surface area contributed by atoms with Crippen molar-refractivity contribution in [1.29, 1.82) is 0 Å². The SMILES string of the molecule is CC(=O)OC1OC(CN=[N+]=[N-])C(OC(C)=O)C(OC(C)=O)C1OC(C)=O. The molecule has 144 valence electrons. The maximum absolute atomic E-state index is 11.5. The number of carbonyl (C=O) groups excluding carboxylic acids is 4. The van der Waals surface area contributed by atoms with Crippen molar-refractivity contribution in [3.63, 3.8) is 0 Å². The normalized spacial score (nSPS) is 27.5. The number of ether oxygens (including phenoxy) is 5. The molecule has 1 heterocycles. The van der Waals surface area contributed by atoms with E-state index in [0.29, 0.717) is 0 Å². The highest BCUT2D eigenvalue weighted by atomic mass is 16.7. The smallest absolute Gasteiger partial charge is 0.305 e. The van der Waals surface area contributed by atoms with Crippen LogP contribution in [0.1, 0.15) is 27.7 Å². The molecule has 12 nitrogen and oxygen atoms in total. The van der Waals surface area contributed by atoms with Gasteiger partial charge in [-0.25, -0.2) is 0 Å². The van der Waals surface area contributed by atoms with Crippen LogP contribution in [-0.2, 0) is 42.9 Å². The summed E-state index contributed by atoms with van der Waals surface area (Å²) in [4.78, 5) is 48.3. The van der Waals surface area contributed by atoms with E-state index in [1.165, 1.54) is 0 Å². The second-order valence-corrected chi connectivity index (χ2v) is 5.29. The van der Waals surface area contributed by atoms with E-state index in [-0.39, 0.29) is 6.54 Å². The van der Waals surface area contributed by atoms with Crippen LogP contribution in [0, 0.1) is 0 Å². The summed E-state index contributed by atoms with van der Waals surface area (Å²) in [5.41, 5.74) is 8.51. The van der Waals surface area contributed by atoms with Gasteiger partial charge in [0.05, 0.1) is 6.54 Å². The molecule has 12 heteroatoms. The average molecular weight is 373 g/mol. The highest BCUT2D eigenvalue weighted by Gasteiger charge is 2.52. The van der Waals surface area contributed by atoms with Gasteiger partial charge < -0.3 is 23.7 Å². The molecule has 0 spiro atoms. The summed E-state index contributed by atoms with van der Waals surface area (Å²) < 4.78 is 25.8. The number of hydrogen-bond acceptors (Lipinski definition) is 10. The molecule has 0 radical (unpaired) electrons. The lowest BCUT2D eigenvalue weighted by molar-refractivity contribution is -0.293. The van der Waals surface area contributed by atoms with E-state index in [1.807, 2.05) is 0 Å². The van der Waals surface area contributed by atoms with Crippen molar-refractivity contribution in [2.24, 2.45) is 5.11 Å². The van der Waals surface area contributed by atoms with Crippen molar-refractivity contribution in [3.8, 4) is 0 Å². The lowest BCUT2D eigenvalue weighted by atomic mass is 9.97. The number of carbonyl (C=O) groups is 4. The molecule has 0 saturated carbocycles. The number of rotatable bonds is 6. The van der Waals surface area contributed by atoms with Crippen LogP contribution in [-0.4, -0.2) is 61.1 Å². The molecule has 1 fully saturated rings. The molecular formula is C14H19N3O9. The minimum absolute atomic E-state index is 0.323. The van der Waals surface area contributed by atoms with Gasteiger partial charge in [0.1, 0.15) is 6.10 Å². The van der Waals surface area contributed by atoms with Crippen molar-refractivity contribution in [1.82, 2.24) is 0 Å². The Kier molecular flexibility index (Phi) is 7.81. The van der Waals surface area contributed by atoms with E-state index >= 15 is 0 Å². The van der Waals surface area contributed by atoms with Crippen molar-refractivity contribution < 1.29 is 42.9 Å². The molecule has 0 bridgehead atoms. The zero-order valence-corrected chi connectivity index (χ0v) is 14.6. The number of esters is 4. The number of hydrogen-bond donors (Lipinski definition) is 0. The van der Waals surface area contributed by atoms with Crippen LogP contribution in [0.2, 0.25) is 0 Å². The molecule has 0 aromatic heterocycles. The molecule has 5 unspecified atom stereocenters. The highest BCUT2D eigenvalue weighted by Crippen LogP contribution is 2.29. The van der Waals surface area contributed by atoms with E-state index in [9.17, 15) is 19.2 Å². The maximum Gasteiger partial charge on any atom is 0.305 e. The molecular weight excluding hydrogens is 354 g/mol. The fourth-order valence-corrected chi connectivity index (χ4v) is 2.38. The van der Waals surface area contributed by atoms with Gasteiger partial charge in [-0.3, -0.25) is 19.2 Å². The summed E-state index contributed by atoms with van der Waals surface area (Å²) in [5, 5.41) is 3.34. The number of azide groups is 1. The second-order valence-electron chi connectivity index (χ2n) is 5.29. The Hall–Kier alpha value is -2.85. The molecule has 0 aromatic carbocycles. The zero-order valence-electron chi connectivity index (χ0n) is 14.6. The molecule has 1 aliphatic rings. The largest absolute Gasteiger partial charge is 0.456 e. The van der Waals surface area contributed by atoms with Crippen LogP contribution < -0.4 is 0 Å². The summed E-state index contributed by atoms with van der Waals surface area (Å²) in [7, 11) is 0. The van der Waals surface area contributed by atoms with E-state index < -0.39 is 54.6 Å². The standard InChI is InChI=1S/C14H19N3O9/c1-6(18)22-11-10(5-16-17-15)26-14(25-9(4)21)13(24-8(3)20)12(11)23-7(2)19/h10-14H,5H2,1-4H3. The number of nitrogens with zero attached hydrogens (tertiary/aromatic N) is 3. The molecule has 26 heavy (non-hydrogen) atoms. The minimum Gasteiger partial charge on any atom is -0.456 e. The Morgan fingerprint density at radius 2 is 1.31 bits per heavy atom. The monoisotopic (exact) mass is 373 g/mol. The lowest BCUT2D eigenvalue weighted by Gasteiger charge is -2.43. The first kappa shape index (κ1) is 21.2. The summed E-state index contributed by atoms with van der Waals surface area (Å²) in [6, 6.07) is 0. The third kappa shape index (κ3) is 6.22. The predicted molar refractivity (Wildman–Crippen MR) is 81.1 cm³/mol. The molecule has 1 aliphatic heterocycles. The average Bonchev–Trinajstić information content (AvgIpc) is 2.49. The van der Waals surface area contributed by atoms with Crippen molar-refractivity contribution in [2.75, 3.05) is 6.54 Å². The fraction of sp³-hybridized carbons (Fsp3) is 0.714. The summed E-state index contributed by atoms with van der Waals surface area (Å²) in [6.45, 7) is 4.05. The van der Waals surface area contributed by atoms with Crippen LogP contribution in [0.5, 0.6) is 0 Å². The van der Waals surface area contributed by atoms with Crippen LogP contribution >= 0.6 is 0 Å². The van der Waals surface area contributed by atoms with E-state index in [4.69, 9.17) is 29.2 Å². The third-order valence-electron chi connectivity index (χ3n) is 3.10. The Bertz CT molecular complexity index is 587. The van der Waals surface area contributed by atoms with Crippen LogP contribution in [0.4, 0.5) is 0 Å². The van der Waals surface area contributed by atoms with E-state index in [1.54, 1.807) is 0 Å². The van der Waals surface area contributed by atoms with E-state index in [2.05, 4.69) is 10.0 Å². The van der Waals surface area contributed by atoms with Gasteiger partial charge in [0.2, 0.25) is 12.4 Å². The first-order valence-corrected chi connectivity index (χ1v) is 7.51. The molecule has 1 saturated heterocycles. The fourth-order valence-electron chi connectivity index (χ4n) is 2.38. The molecule has 0 aromatic rings. The van der Waals surface area contributed by atoms with Gasteiger partial charge in [-0.1, -0.05) is 5.11 Å². The Morgan fingerprint density at radius 1 is 0.846 bits per heavy atom. The van der Waals surface area contributed by atoms with Gasteiger partial charge in [0.25, 0.3) is 0 Å². The van der Waals surface area contributed by atoms with Crippen LogP contribution in [0.3, 0.4) is 0 Å². The van der Waals surface area contributed by atoms with Crippen LogP contribution in [0.25, 0.3) is 10.4 Å². The van der Waals surface area contributed by atoms with Gasteiger partial charge in [0, 0.05) is 32.6 Å². The first-order chi connectivity index (χ1) is 12.1. The second kappa shape index (κ2) is 9.59. The van der Waals surface area contributed by atoms with Gasteiger partial charge in [-0.05, 0) is 5.53 Å². The Labute approximate surface area is 148 Å². The minimum atomic E-state index is -1.47. The zero-order chi connectivity index (χ0) is 19.9. The molecule has 0 amide bonds. The van der Waals surface area contributed by atoms with Gasteiger partial charge in [-0.15, -0.1) is 0 Å². The van der Waals surface area contributed by atoms with Crippen molar-refractivity contribution in [3.05, 3.63) is 10.4 Å². The quantitative estimate of drug-likeness (QED) is 0.210. The van der Waals surface area contributed by atoms with Crippen molar-refractivity contribution >= 4 is 23.9 Å². The Balaban J connectivity index is 3.32. The van der Waals surface area contributed by atoms with Crippen LogP contribution in [0.15, 0.2) is 5.11 Å². The van der Waals surface area contributed by atoms with Crippen molar-refractivity contribution in [2.45, 2.75) is 58.4 Å². The highest BCUT2D eigenvalue weighted by molar-refractivity contribution is 5.69. The molecule has 0 aliphatic carbocycles.